The Balaban J connectivity index is 1.43. The van der Waals surface area contributed by atoms with Crippen molar-refractivity contribution < 1.29 is 13.2 Å². The van der Waals surface area contributed by atoms with Gasteiger partial charge in [0, 0.05) is 25.2 Å². The van der Waals surface area contributed by atoms with Crippen molar-refractivity contribution in [3.63, 3.8) is 0 Å². The molecule has 1 saturated heterocycles. The molecule has 6 nitrogen and oxygen atoms in total. The van der Waals surface area contributed by atoms with Crippen LogP contribution < -0.4 is 10.0 Å². The van der Waals surface area contributed by atoms with Gasteiger partial charge in [0.15, 0.2) is 0 Å². The van der Waals surface area contributed by atoms with Crippen molar-refractivity contribution in [3.05, 3.63) is 30.3 Å². The van der Waals surface area contributed by atoms with E-state index in [0.29, 0.717) is 23.4 Å². The van der Waals surface area contributed by atoms with E-state index >= 15 is 0 Å². The molecule has 1 heterocycles. The number of rotatable bonds is 6. The maximum absolute atomic E-state index is 12.4. The predicted octanol–water partition coefficient (Wildman–Crippen LogP) is 2.12. The third-order valence-corrected chi connectivity index (χ3v) is 7.32. The summed E-state index contributed by atoms with van der Waals surface area (Å²) in [4.78, 5) is 14.8. The molecule has 0 bridgehead atoms. The first-order valence-electron chi connectivity index (χ1n) is 10.0. The highest BCUT2D eigenvalue weighted by Crippen LogP contribution is 2.23. The fraction of sp³-hybridized carbons (Fsp3) is 0.650. The first kappa shape index (κ1) is 20.3. The second kappa shape index (κ2) is 9.17. The Morgan fingerprint density at radius 2 is 1.74 bits per heavy atom. The van der Waals surface area contributed by atoms with Crippen molar-refractivity contribution in [3.8, 4) is 0 Å². The molecule has 1 amide bonds. The molecule has 0 unspecified atom stereocenters. The molecular weight excluding hydrogens is 362 g/mol. The summed E-state index contributed by atoms with van der Waals surface area (Å²) >= 11 is 0. The number of piperidine rings is 1. The topological polar surface area (TPSA) is 78.5 Å². The van der Waals surface area contributed by atoms with E-state index in [1.807, 2.05) is 0 Å². The van der Waals surface area contributed by atoms with Gasteiger partial charge in [0.1, 0.15) is 0 Å². The molecule has 0 aromatic heterocycles. The number of hydrogen-bond donors (Lipinski definition) is 2. The lowest BCUT2D eigenvalue weighted by Gasteiger charge is -2.33. The zero-order valence-corrected chi connectivity index (χ0v) is 16.9. The summed E-state index contributed by atoms with van der Waals surface area (Å²) in [6.07, 6.45) is 6.18. The molecule has 0 radical (unpaired) electrons. The van der Waals surface area contributed by atoms with Gasteiger partial charge in [0.2, 0.25) is 15.9 Å². The summed E-state index contributed by atoms with van der Waals surface area (Å²) in [6, 6.07) is 8.69. The largest absolute Gasteiger partial charge is 0.352 e. The summed E-state index contributed by atoms with van der Waals surface area (Å²) in [5.74, 6) is 0.651. The second-order valence-corrected chi connectivity index (χ2v) is 9.63. The van der Waals surface area contributed by atoms with Gasteiger partial charge in [-0.05, 0) is 43.7 Å². The van der Waals surface area contributed by atoms with E-state index in [1.165, 1.54) is 19.3 Å². The SMILES string of the molecule is C[C@@H]1CCCC[C@H]1NC(=O)CN1CCC(NS(=O)(=O)c2ccccc2)CC1. The summed E-state index contributed by atoms with van der Waals surface area (Å²) < 4.78 is 27.6. The molecule has 7 heteroatoms. The predicted molar refractivity (Wildman–Crippen MR) is 106 cm³/mol. The van der Waals surface area contributed by atoms with Gasteiger partial charge >= 0.3 is 0 Å². The lowest BCUT2D eigenvalue weighted by molar-refractivity contribution is -0.123. The maximum Gasteiger partial charge on any atom is 0.240 e. The molecule has 3 rings (SSSR count). The van der Waals surface area contributed by atoms with Crippen LogP contribution in [0.4, 0.5) is 0 Å². The van der Waals surface area contributed by atoms with Gasteiger partial charge in [0.25, 0.3) is 0 Å². The third kappa shape index (κ3) is 5.77. The lowest BCUT2D eigenvalue weighted by atomic mass is 9.86. The molecule has 1 saturated carbocycles. The lowest BCUT2D eigenvalue weighted by Crippen LogP contribution is -2.49. The molecule has 1 aliphatic carbocycles. The smallest absolute Gasteiger partial charge is 0.240 e. The van der Waals surface area contributed by atoms with E-state index in [2.05, 4.69) is 21.9 Å². The molecule has 27 heavy (non-hydrogen) atoms. The van der Waals surface area contributed by atoms with E-state index < -0.39 is 10.0 Å². The Bertz CT molecular complexity index is 715. The Labute approximate surface area is 162 Å². The Morgan fingerprint density at radius 3 is 2.41 bits per heavy atom. The van der Waals surface area contributed by atoms with Crippen LogP contribution in [0.3, 0.4) is 0 Å². The van der Waals surface area contributed by atoms with Gasteiger partial charge in [-0.3, -0.25) is 9.69 Å². The van der Waals surface area contributed by atoms with Crippen LogP contribution >= 0.6 is 0 Å². The van der Waals surface area contributed by atoms with Crippen molar-refractivity contribution in [1.82, 2.24) is 14.9 Å². The van der Waals surface area contributed by atoms with Crippen LogP contribution in [0.2, 0.25) is 0 Å². The van der Waals surface area contributed by atoms with Crippen LogP contribution in [0.1, 0.15) is 45.4 Å². The van der Waals surface area contributed by atoms with Crippen LogP contribution in [0.25, 0.3) is 0 Å². The van der Waals surface area contributed by atoms with Crippen molar-refractivity contribution in [2.75, 3.05) is 19.6 Å². The number of sulfonamides is 1. The number of carbonyl (C=O) groups excluding carboxylic acids is 1. The Morgan fingerprint density at radius 1 is 1.07 bits per heavy atom. The van der Waals surface area contributed by atoms with Crippen LogP contribution in [-0.2, 0) is 14.8 Å². The van der Waals surface area contributed by atoms with Gasteiger partial charge in [-0.1, -0.05) is 38.0 Å². The highest BCUT2D eigenvalue weighted by atomic mass is 32.2. The number of nitrogens with one attached hydrogen (secondary N) is 2. The quantitative estimate of drug-likeness (QED) is 0.776. The molecule has 2 N–H and O–H groups in total. The van der Waals surface area contributed by atoms with Crippen LogP contribution in [0, 0.1) is 5.92 Å². The molecule has 0 spiro atoms. The molecular formula is C20H31N3O3S. The normalized spacial score (nSPS) is 25.2. The van der Waals surface area contributed by atoms with E-state index in [9.17, 15) is 13.2 Å². The van der Waals surface area contributed by atoms with Crippen LogP contribution in [0.5, 0.6) is 0 Å². The number of amides is 1. The van der Waals surface area contributed by atoms with E-state index in [4.69, 9.17) is 0 Å². The standard InChI is InChI=1S/C20H31N3O3S/c1-16-7-5-6-10-19(16)21-20(24)15-23-13-11-17(12-14-23)22-27(25,26)18-8-3-2-4-9-18/h2-4,8-9,16-17,19,22H,5-7,10-15H2,1H3,(H,21,24)/t16-,19-/m1/s1. The van der Waals surface area contributed by atoms with Crippen molar-refractivity contribution in [2.24, 2.45) is 5.92 Å². The van der Waals surface area contributed by atoms with Crippen LogP contribution in [-0.4, -0.2) is 50.9 Å². The fourth-order valence-corrected chi connectivity index (χ4v) is 5.41. The van der Waals surface area contributed by atoms with Gasteiger partial charge in [-0.15, -0.1) is 0 Å². The highest BCUT2D eigenvalue weighted by Gasteiger charge is 2.27. The summed E-state index contributed by atoms with van der Waals surface area (Å²) in [7, 11) is -3.47. The van der Waals surface area contributed by atoms with Crippen molar-refractivity contribution in [1.29, 1.82) is 0 Å². The number of benzene rings is 1. The zero-order chi connectivity index (χ0) is 19.3. The monoisotopic (exact) mass is 393 g/mol. The highest BCUT2D eigenvalue weighted by molar-refractivity contribution is 7.89. The first-order valence-corrected chi connectivity index (χ1v) is 11.5. The fourth-order valence-electron chi connectivity index (χ4n) is 4.08. The minimum Gasteiger partial charge on any atom is -0.352 e. The number of carbonyl (C=O) groups is 1. The van der Waals surface area contributed by atoms with E-state index in [1.54, 1.807) is 30.3 Å². The Hall–Kier alpha value is -1.44. The summed E-state index contributed by atoms with van der Waals surface area (Å²) in [5, 5.41) is 3.19. The molecule has 2 atom stereocenters. The van der Waals surface area contributed by atoms with Gasteiger partial charge in [-0.2, -0.15) is 0 Å². The summed E-state index contributed by atoms with van der Waals surface area (Å²) in [5.41, 5.74) is 0. The number of hydrogen-bond acceptors (Lipinski definition) is 4. The average molecular weight is 394 g/mol. The van der Waals surface area contributed by atoms with Crippen LogP contribution in [0.15, 0.2) is 35.2 Å². The third-order valence-electron chi connectivity index (χ3n) is 5.79. The summed E-state index contributed by atoms with van der Waals surface area (Å²) in [6.45, 7) is 4.08. The molecule has 1 aromatic rings. The van der Waals surface area contributed by atoms with Gasteiger partial charge in [0.05, 0.1) is 11.4 Å². The van der Waals surface area contributed by atoms with Gasteiger partial charge < -0.3 is 5.32 Å². The Kier molecular flexibility index (Phi) is 6.89. The average Bonchev–Trinajstić information content (AvgIpc) is 2.66. The minimum atomic E-state index is -3.47. The molecule has 150 valence electrons. The number of nitrogens with zero attached hydrogens (tertiary/aromatic N) is 1. The molecule has 2 aliphatic rings. The number of likely N-dealkylation sites (tertiary alicyclic amines) is 1. The first-order chi connectivity index (χ1) is 12.9. The van der Waals surface area contributed by atoms with E-state index in [-0.39, 0.29) is 11.9 Å². The second-order valence-electron chi connectivity index (χ2n) is 7.92. The molecule has 1 aromatic carbocycles. The van der Waals surface area contributed by atoms with Gasteiger partial charge in [-0.25, -0.2) is 13.1 Å². The molecule has 2 fully saturated rings. The van der Waals surface area contributed by atoms with Crippen molar-refractivity contribution >= 4 is 15.9 Å². The minimum absolute atomic E-state index is 0.0760. The van der Waals surface area contributed by atoms with E-state index in [0.717, 1.165) is 32.4 Å². The molecule has 1 aliphatic heterocycles. The van der Waals surface area contributed by atoms with Crippen molar-refractivity contribution in [2.45, 2.75) is 62.4 Å². The maximum atomic E-state index is 12.4. The zero-order valence-electron chi connectivity index (χ0n) is 16.1.